The van der Waals surface area contributed by atoms with Crippen LogP contribution in [-0.4, -0.2) is 126 Å². The summed E-state index contributed by atoms with van der Waals surface area (Å²) < 4.78 is 15.3. The third kappa shape index (κ3) is 29.2. The summed E-state index contributed by atoms with van der Waals surface area (Å²) in [5.74, 6) is -0.992. The van der Waals surface area contributed by atoms with Gasteiger partial charge in [-0.15, -0.1) is 0 Å². The van der Waals surface area contributed by atoms with E-state index < -0.39 is 24.2 Å². The van der Waals surface area contributed by atoms with E-state index >= 15 is 0 Å². The lowest BCUT2D eigenvalue weighted by Gasteiger charge is -2.21. The quantitative estimate of drug-likeness (QED) is 0.0320. The predicted molar refractivity (Wildman–Crippen MR) is 558 cm³/mol. The van der Waals surface area contributed by atoms with Crippen LogP contribution in [0.4, 0.5) is 44.2 Å². The fraction of sp³-hybridized carbons (Fsp3) is 0.245. The Kier molecular flexibility index (Phi) is 38.0. The summed E-state index contributed by atoms with van der Waals surface area (Å²) in [5, 5.41) is 29.6. The SMILES string of the molecule is CC.CC.CC(C)(C)CC(=O)Nc1ccc(C2=NC(Cc3ccccc3F)C(=O)Nc3ccc(Cl)cc32)cc1.CCCCC(=O)Nc1ccc(C2=NC(Cc3ccccc3)C(=O)Nc3ccc(Cl)cc32)cc1.CN(C)CCCC(=O)Nc1ccc(C2=NC(Cc3ccccc3)C(=O)Nc3ccc(Cl)cc32)cc1.CN1C(=O)C(Cc2ccccc2Br)N=C(c2ccc(O)cc2)c2cc(Cl)ccc21. The van der Waals surface area contributed by atoms with Crippen molar-refractivity contribution in [1.82, 2.24) is 4.90 Å². The molecule has 7 amide bonds. The number of benzodiazepines with no additional fused rings is 4. The average molecular weight is 1970 g/mol. The molecule has 702 valence electrons. The van der Waals surface area contributed by atoms with E-state index in [0.29, 0.717) is 115 Å². The van der Waals surface area contributed by atoms with Crippen LogP contribution in [0, 0.1) is 11.2 Å². The number of unbranched alkanes of at least 4 members (excludes halogenated alkanes) is 1. The third-order valence-electron chi connectivity index (χ3n) is 21.9. The molecule has 4 unspecified atom stereocenters. The summed E-state index contributed by atoms with van der Waals surface area (Å²) in [6, 6.07) is 81.9. The van der Waals surface area contributed by atoms with Crippen LogP contribution in [0.15, 0.2) is 303 Å². The van der Waals surface area contributed by atoms with Crippen molar-refractivity contribution in [2.45, 2.75) is 144 Å². The second-order valence-electron chi connectivity index (χ2n) is 33.7. The van der Waals surface area contributed by atoms with Crippen LogP contribution >= 0.6 is 62.3 Å². The highest BCUT2D eigenvalue weighted by molar-refractivity contribution is 9.10. The molecule has 12 aromatic carbocycles. The molecular weight excluding hydrogens is 1860 g/mol. The monoisotopic (exact) mass is 1970 g/mol. The lowest BCUT2D eigenvalue weighted by atomic mass is 9.92. The van der Waals surface area contributed by atoms with Crippen LogP contribution in [0.5, 0.6) is 5.75 Å². The van der Waals surface area contributed by atoms with E-state index in [2.05, 4.69) is 59.7 Å². The van der Waals surface area contributed by atoms with E-state index in [4.69, 9.17) is 66.4 Å². The van der Waals surface area contributed by atoms with Gasteiger partial charge in [0.25, 0.3) is 5.91 Å². The lowest BCUT2D eigenvalue weighted by molar-refractivity contribution is -0.119. The highest BCUT2D eigenvalue weighted by Gasteiger charge is 2.34. The van der Waals surface area contributed by atoms with Gasteiger partial charge >= 0.3 is 0 Å². The molecule has 4 aliphatic heterocycles. The van der Waals surface area contributed by atoms with Gasteiger partial charge in [-0.3, -0.25) is 53.5 Å². The molecule has 0 aromatic heterocycles. The van der Waals surface area contributed by atoms with E-state index in [0.717, 1.165) is 103 Å². The lowest BCUT2D eigenvalue weighted by Crippen LogP contribution is -2.36. The van der Waals surface area contributed by atoms with Gasteiger partial charge in [0.05, 0.1) is 45.6 Å². The minimum atomic E-state index is -0.834. The standard InChI is InChI=1S/C28H27ClFN3O2.C28H29ClN4O2.C27H26ClN3O2.C23H18BrClN2O2.2C2H6/c1-28(2,3)16-25(34)31-20-11-8-17(9-12-20)26-21-15-19(29)10-13-23(21)33-27(35)24(32-26)14-18-6-4-5-7-22(18)30;1-33(2)16-6-9-26(34)30-22-13-10-20(11-14-22)27-23-18-21(29)12-15-24(23)32-28(35)25(31-27)17-19-7-4-3-5-8-19;1-2-3-9-25(32)29-21-13-10-19(11-14-21)26-22-17-20(28)12-15-23(22)31-27(33)24(30-26)16-18-7-5-4-6-8-18;1-27-21-11-8-16(25)13-18(21)22(14-6-9-17(28)10-7-14)26-20(23(27)29)12-15-4-2-3-5-19(15)24;2*1-2/h4-13,15,24H,14,16H2,1-3H3,(H,31,34)(H,33,35);3-5,7-8,10-15,18,25H,6,9,16-17H2,1-2H3,(H,30,34)(H,32,35);4-8,10-15,17,24H,2-3,9,16H2,1H3,(H,29,32)(H,31,33);2-11,13,20,28H,12H2,1H3;2*1-2H3. The van der Waals surface area contributed by atoms with Gasteiger partial charge in [0, 0.05) is 138 Å². The fourth-order valence-electron chi connectivity index (χ4n) is 15.2. The van der Waals surface area contributed by atoms with Gasteiger partial charge in [-0.25, -0.2) is 4.39 Å². The number of rotatable bonds is 23. The Morgan fingerprint density at radius 2 is 0.779 bits per heavy atom. The van der Waals surface area contributed by atoms with Gasteiger partial charge in [0.15, 0.2) is 0 Å². The topological polar surface area (TPSA) is 268 Å². The first-order valence-electron chi connectivity index (χ1n) is 45.4. The van der Waals surface area contributed by atoms with Crippen molar-refractivity contribution < 1.29 is 43.1 Å². The number of anilines is 7. The number of likely N-dealkylation sites (N-methyl/N-ethyl adjacent to an activating group) is 1. The molecule has 26 heteroatoms. The molecule has 20 nitrogen and oxygen atoms in total. The van der Waals surface area contributed by atoms with Crippen molar-refractivity contribution in [3.8, 4) is 5.75 Å². The van der Waals surface area contributed by atoms with Crippen molar-refractivity contribution in [2.24, 2.45) is 25.4 Å². The number of aromatic hydroxyl groups is 1. The number of carbonyl (C=O) groups excluding carboxylic acids is 7. The maximum atomic E-state index is 14.3. The smallest absolute Gasteiger partial charge is 0.251 e. The van der Waals surface area contributed by atoms with Crippen molar-refractivity contribution in [3.63, 3.8) is 0 Å². The zero-order chi connectivity index (χ0) is 97.7. The molecule has 136 heavy (non-hydrogen) atoms. The molecular formula is C110H112BrCl4FN12O8. The molecule has 0 radical (unpaired) electrons. The van der Waals surface area contributed by atoms with Crippen molar-refractivity contribution in [2.75, 3.05) is 64.5 Å². The predicted octanol–water partition coefficient (Wildman–Crippen LogP) is 24.4. The van der Waals surface area contributed by atoms with E-state index in [-0.39, 0.29) is 64.8 Å². The number of amides is 7. The van der Waals surface area contributed by atoms with Gasteiger partial charge in [-0.1, -0.05) is 258 Å². The molecule has 4 heterocycles. The normalized spacial score (nSPS) is 15.1. The number of nitrogens with one attached hydrogen (secondary N) is 6. The van der Waals surface area contributed by atoms with Gasteiger partial charge < -0.3 is 46.8 Å². The van der Waals surface area contributed by atoms with Crippen LogP contribution in [0.1, 0.15) is 161 Å². The van der Waals surface area contributed by atoms with Crippen LogP contribution in [0.2, 0.25) is 20.1 Å². The number of carbonyl (C=O) groups is 7. The van der Waals surface area contributed by atoms with E-state index in [1.807, 2.05) is 232 Å². The first-order valence-corrected chi connectivity index (χ1v) is 47.7. The highest BCUT2D eigenvalue weighted by atomic mass is 79.9. The molecule has 7 N–H and O–H groups in total. The van der Waals surface area contributed by atoms with Gasteiger partial charge in [-0.2, -0.15) is 0 Å². The molecule has 4 aliphatic rings. The highest BCUT2D eigenvalue weighted by Crippen LogP contribution is 2.37. The van der Waals surface area contributed by atoms with E-state index in [9.17, 15) is 43.1 Å². The number of aliphatic imine (C=N–C) groups is 4. The summed E-state index contributed by atoms with van der Waals surface area (Å²) in [6.45, 7) is 17.0. The molecule has 0 fully saturated rings. The zero-order valence-electron chi connectivity index (χ0n) is 77.9. The molecule has 16 rings (SSSR count). The molecule has 12 aromatic rings. The minimum absolute atomic E-state index is 0.00579. The second-order valence-corrected chi connectivity index (χ2v) is 36.3. The minimum Gasteiger partial charge on any atom is -0.508 e. The van der Waals surface area contributed by atoms with Crippen LogP contribution in [-0.2, 0) is 59.2 Å². The Morgan fingerprint density at radius 1 is 0.434 bits per heavy atom. The zero-order valence-corrected chi connectivity index (χ0v) is 82.5. The molecule has 0 saturated heterocycles. The van der Waals surface area contributed by atoms with Crippen molar-refractivity contribution in [3.05, 3.63) is 376 Å². The largest absolute Gasteiger partial charge is 0.508 e. The Balaban J connectivity index is 0.000000172. The molecule has 0 spiro atoms. The number of halogens is 6. The number of hydrogen-bond donors (Lipinski definition) is 7. The Bertz CT molecular complexity index is 6340. The van der Waals surface area contributed by atoms with Gasteiger partial charge in [0.1, 0.15) is 35.7 Å². The summed E-state index contributed by atoms with van der Waals surface area (Å²) in [5.41, 5.74) is 17.0. The van der Waals surface area contributed by atoms with E-state index in [1.54, 1.807) is 115 Å². The van der Waals surface area contributed by atoms with Gasteiger partial charge in [0.2, 0.25) is 35.4 Å². The summed E-state index contributed by atoms with van der Waals surface area (Å²) in [6.07, 6.45) is 5.57. The number of phenolic OH excluding ortho intramolecular Hbond substituents is 1. The van der Waals surface area contributed by atoms with Crippen molar-refractivity contribution in [1.29, 1.82) is 0 Å². The third-order valence-corrected chi connectivity index (χ3v) is 23.6. The fourth-order valence-corrected chi connectivity index (χ4v) is 16.4. The molecule has 0 aliphatic carbocycles. The summed E-state index contributed by atoms with van der Waals surface area (Å²) in [4.78, 5) is 112. The summed E-state index contributed by atoms with van der Waals surface area (Å²) in [7, 11) is 5.74. The number of benzene rings is 12. The Morgan fingerprint density at radius 3 is 1.18 bits per heavy atom. The maximum Gasteiger partial charge on any atom is 0.251 e. The Labute approximate surface area is 824 Å². The first-order chi connectivity index (χ1) is 65.4. The van der Waals surface area contributed by atoms with Crippen LogP contribution < -0.4 is 36.8 Å². The first kappa shape index (κ1) is 103. The van der Waals surface area contributed by atoms with Crippen LogP contribution in [0.25, 0.3) is 0 Å². The Hall–Kier alpha value is -13.1. The van der Waals surface area contributed by atoms with Crippen molar-refractivity contribution >= 4 is 166 Å². The molecule has 0 saturated carbocycles. The maximum absolute atomic E-state index is 14.3. The van der Waals surface area contributed by atoms with Crippen LogP contribution in [0.3, 0.4) is 0 Å². The average Bonchev–Trinajstić information content (AvgIpc) is 1.63. The molecule has 0 bridgehead atoms. The number of phenols is 1. The number of nitrogens with zero attached hydrogens (tertiary/aromatic N) is 6. The van der Waals surface area contributed by atoms with Gasteiger partial charge in [-0.05, 0) is 207 Å². The molecule has 4 atom stereocenters. The second kappa shape index (κ2) is 50.0. The number of fused-ring (bicyclic) bond motifs is 4. The summed E-state index contributed by atoms with van der Waals surface area (Å²) >= 11 is 28.7. The number of hydrogen-bond acceptors (Lipinski definition) is 13. The van der Waals surface area contributed by atoms with E-state index in [1.165, 1.54) is 6.07 Å².